The standard InChI is InChI=1S/C62H41NO/c1-3-11-42(12-4-1)48-16-9-17-49(39-48)43-23-31-53(32-24-43)63(54-33-25-44(26-34-54)50-29-37-57-52(40-50)22-21-47-15-7-8-18-56(47)57)55-35-27-45(28-36-55)51-30-38-61-60(41-51)59-20-10-19-58(62(59)64-61)46-13-5-2-6-14-46/h1-41H. The summed E-state index contributed by atoms with van der Waals surface area (Å²) in [6.07, 6.45) is 0. The van der Waals surface area contributed by atoms with E-state index < -0.39 is 0 Å². The van der Waals surface area contributed by atoms with Gasteiger partial charge in [-0.2, -0.15) is 0 Å². The van der Waals surface area contributed by atoms with Gasteiger partial charge in [0.2, 0.25) is 0 Å². The molecule has 1 aromatic heterocycles. The van der Waals surface area contributed by atoms with Crippen LogP contribution in [0.1, 0.15) is 0 Å². The van der Waals surface area contributed by atoms with Gasteiger partial charge in [-0.15, -0.1) is 0 Å². The van der Waals surface area contributed by atoms with Gasteiger partial charge in [-0.3, -0.25) is 0 Å². The van der Waals surface area contributed by atoms with Crippen LogP contribution in [0.2, 0.25) is 0 Å². The molecule has 0 spiro atoms. The number of para-hydroxylation sites is 1. The van der Waals surface area contributed by atoms with Crippen molar-refractivity contribution in [3.63, 3.8) is 0 Å². The SMILES string of the molecule is c1ccc(-c2cccc(-c3ccc(N(c4ccc(-c5ccc6c(ccc7ccccc76)c5)cc4)c4ccc(-c5ccc6oc7c(-c8ccccc8)cccc7c6c5)cc4)cc3)c2)cc1. The van der Waals surface area contributed by atoms with Gasteiger partial charge in [0, 0.05) is 33.4 Å². The fourth-order valence-corrected chi connectivity index (χ4v) is 9.38. The first kappa shape index (κ1) is 37.3. The first-order valence-electron chi connectivity index (χ1n) is 21.9. The van der Waals surface area contributed by atoms with Gasteiger partial charge in [-0.05, 0) is 132 Å². The highest BCUT2D eigenvalue weighted by atomic mass is 16.3. The van der Waals surface area contributed by atoms with Gasteiger partial charge in [0.05, 0.1) is 0 Å². The lowest BCUT2D eigenvalue weighted by molar-refractivity contribution is 0.670. The highest BCUT2D eigenvalue weighted by Gasteiger charge is 2.16. The smallest absolute Gasteiger partial charge is 0.143 e. The summed E-state index contributed by atoms with van der Waals surface area (Å²) in [7, 11) is 0. The van der Waals surface area contributed by atoms with Crippen molar-refractivity contribution in [1.82, 2.24) is 0 Å². The minimum atomic E-state index is 0.890. The number of furan rings is 1. The summed E-state index contributed by atoms with van der Waals surface area (Å²) in [6.45, 7) is 0. The molecule has 12 rings (SSSR count). The highest BCUT2D eigenvalue weighted by Crippen LogP contribution is 2.41. The quantitative estimate of drug-likeness (QED) is 0.142. The van der Waals surface area contributed by atoms with Crippen LogP contribution in [0, 0.1) is 0 Å². The van der Waals surface area contributed by atoms with Crippen LogP contribution in [0.25, 0.3) is 99.1 Å². The van der Waals surface area contributed by atoms with Crippen LogP contribution in [0.3, 0.4) is 0 Å². The van der Waals surface area contributed by atoms with Crippen molar-refractivity contribution < 1.29 is 4.42 Å². The first-order chi connectivity index (χ1) is 31.7. The zero-order valence-corrected chi connectivity index (χ0v) is 35.0. The van der Waals surface area contributed by atoms with Crippen molar-refractivity contribution in [3.05, 3.63) is 249 Å². The minimum Gasteiger partial charge on any atom is -0.455 e. The van der Waals surface area contributed by atoms with E-state index in [0.29, 0.717) is 0 Å². The molecule has 0 aliphatic rings. The average Bonchev–Trinajstić information content (AvgIpc) is 3.76. The van der Waals surface area contributed by atoms with Crippen LogP contribution in [-0.2, 0) is 0 Å². The van der Waals surface area contributed by atoms with Crippen LogP contribution < -0.4 is 4.90 Å². The van der Waals surface area contributed by atoms with Gasteiger partial charge >= 0.3 is 0 Å². The van der Waals surface area contributed by atoms with Gasteiger partial charge in [0.25, 0.3) is 0 Å². The Morgan fingerprint density at radius 2 is 0.703 bits per heavy atom. The van der Waals surface area contributed by atoms with Crippen molar-refractivity contribution >= 4 is 60.5 Å². The summed E-state index contributed by atoms with van der Waals surface area (Å²) in [6, 6.07) is 89.6. The Labute approximate surface area is 372 Å². The number of hydrogen-bond acceptors (Lipinski definition) is 2. The Hall–Kier alpha value is -8.46. The zero-order valence-electron chi connectivity index (χ0n) is 35.0. The molecule has 0 fully saturated rings. The predicted molar refractivity (Wildman–Crippen MR) is 271 cm³/mol. The summed E-state index contributed by atoms with van der Waals surface area (Å²) in [5.74, 6) is 0. The summed E-state index contributed by atoms with van der Waals surface area (Å²) in [4.78, 5) is 2.35. The first-order valence-corrected chi connectivity index (χ1v) is 21.9. The van der Waals surface area contributed by atoms with Crippen molar-refractivity contribution in [1.29, 1.82) is 0 Å². The monoisotopic (exact) mass is 815 g/mol. The summed E-state index contributed by atoms with van der Waals surface area (Å²) in [5, 5.41) is 7.31. The molecule has 2 heteroatoms. The maximum atomic E-state index is 6.50. The number of benzene rings is 11. The van der Waals surface area contributed by atoms with Crippen LogP contribution >= 0.6 is 0 Å². The predicted octanol–water partition coefficient (Wildman–Crippen LogP) is 17.7. The average molecular weight is 816 g/mol. The van der Waals surface area contributed by atoms with Crippen LogP contribution in [0.4, 0.5) is 17.1 Å². The van der Waals surface area contributed by atoms with E-state index >= 15 is 0 Å². The van der Waals surface area contributed by atoms with Gasteiger partial charge in [0.15, 0.2) is 0 Å². The van der Waals surface area contributed by atoms with Crippen LogP contribution in [0.5, 0.6) is 0 Å². The second-order valence-electron chi connectivity index (χ2n) is 16.5. The van der Waals surface area contributed by atoms with E-state index in [4.69, 9.17) is 4.42 Å². The fourth-order valence-electron chi connectivity index (χ4n) is 9.38. The third kappa shape index (κ3) is 6.79. The van der Waals surface area contributed by atoms with Crippen molar-refractivity contribution in [2.45, 2.75) is 0 Å². The van der Waals surface area contributed by atoms with E-state index in [9.17, 15) is 0 Å². The number of nitrogens with zero attached hydrogens (tertiary/aromatic N) is 1. The number of hydrogen-bond donors (Lipinski definition) is 0. The second kappa shape index (κ2) is 15.8. The fraction of sp³-hybridized carbons (Fsp3) is 0. The Morgan fingerprint density at radius 3 is 1.36 bits per heavy atom. The Bertz CT molecular complexity index is 3630. The molecule has 0 saturated heterocycles. The van der Waals surface area contributed by atoms with Crippen LogP contribution in [-0.4, -0.2) is 0 Å². The maximum Gasteiger partial charge on any atom is 0.143 e. The molecular formula is C62H41NO. The molecule has 64 heavy (non-hydrogen) atoms. The molecule has 0 saturated carbocycles. The van der Waals surface area contributed by atoms with Gasteiger partial charge in [-0.1, -0.05) is 188 Å². The molecule has 12 aromatic rings. The van der Waals surface area contributed by atoms with E-state index in [1.807, 2.05) is 6.07 Å². The third-order valence-electron chi connectivity index (χ3n) is 12.7. The Kier molecular flexibility index (Phi) is 9.20. The van der Waals surface area contributed by atoms with E-state index in [-0.39, 0.29) is 0 Å². The zero-order chi connectivity index (χ0) is 42.4. The Morgan fingerprint density at radius 1 is 0.250 bits per heavy atom. The van der Waals surface area contributed by atoms with Crippen molar-refractivity contribution in [3.8, 4) is 55.6 Å². The molecule has 0 N–H and O–H groups in total. The van der Waals surface area contributed by atoms with Gasteiger partial charge in [-0.25, -0.2) is 0 Å². The topological polar surface area (TPSA) is 16.4 Å². The highest BCUT2D eigenvalue weighted by molar-refractivity contribution is 6.11. The van der Waals surface area contributed by atoms with E-state index in [2.05, 4.69) is 248 Å². The van der Waals surface area contributed by atoms with Gasteiger partial charge in [0.1, 0.15) is 11.2 Å². The minimum absolute atomic E-state index is 0.890. The second-order valence-corrected chi connectivity index (χ2v) is 16.5. The molecule has 0 unspecified atom stereocenters. The molecule has 0 aliphatic carbocycles. The summed E-state index contributed by atoms with van der Waals surface area (Å²) in [5.41, 5.74) is 16.8. The molecule has 300 valence electrons. The normalized spacial score (nSPS) is 11.4. The molecule has 0 atom stereocenters. The lowest BCUT2D eigenvalue weighted by atomic mass is 9.97. The van der Waals surface area contributed by atoms with Crippen LogP contribution in [0.15, 0.2) is 253 Å². The van der Waals surface area contributed by atoms with E-state index in [1.165, 1.54) is 54.9 Å². The summed E-state index contributed by atoms with van der Waals surface area (Å²) >= 11 is 0. The Balaban J connectivity index is 0.901. The van der Waals surface area contributed by atoms with E-state index in [1.54, 1.807) is 0 Å². The molecule has 0 bridgehead atoms. The van der Waals surface area contributed by atoms with E-state index in [0.717, 1.165) is 61.3 Å². The largest absolute Gasteiger partial charge is 0.455 e. The van der Waals surface area contributed by atoms with Gasteiger partial charge < -0.3 is 9.32 Å². The van der Waals surface area contributed by atoms with Crippen molar-refractivity contribution in [2.24, 2.45) is 0 Å². The molecule has 0 radical (unpaired) electrons. The number of fused-ring (bicyclic) bond motifs is 6. The lowest BCUT2D eigenvalue weighted by Gasteiger charge is -2.26. The number of anilines is 3. The molecule has 0 aliphatic heterocycles. The molecule has 0 amide bonds. The molecule has 2 nitrogen and oxygen atoms in total. The third-order valence-corrected chi connectivity index (χ3v) is 12.7. The maximum absolute atomic E-state index is 6.50. The van der Waals surface area contributed by atoms with Crippen molar-refractivity contribution in [2.75, 3.05) is 4.90 Å². The lowest BCUT2D eigenvalue weighted by Crippen LogP contribution is -2.09. The molecular weight excluding hydrogens is 775 g/mol. The number of rotatable bonds is 8. The summed E-state index contributed by atoms with van der Waals surface area (Å²) < 4.78 is 6.50. The molecule has 1 heterocycles. The molecule has 11 aromatic carbocycles.